The van der Waals surface area contributed by atoms with E-state index < -0.39 is 18.5 Å². The fourth-order valence-electron chi connectivity index (χ4n) is 2.18. The highest BCUT2D eigenvalue weighted by Gasteiger charge is 2.36. The van der Waals surface area contributed by atoms with Gasteiger partial charge < -0.3 is 5.11 Å². The number of fused-ring (bicyclic) bond motifs is 3. The number of benzene rings is 2. The van der Waals surface area contributed by atoms with Crippen LogP contribution in [0.5, 0.6) is 0 Å². The SMILES string of the molecule is O=C1c2ccc3ccccc3c2C(=O)N1CO. The zero-order valence-electron chi connectivity index (χ0n) is 8.88. The van der Waals surface area contributed by atoms with Gasteiger partial charge in [-0.3, -0.25) is 14.5 Å². The Bertz CT molecular complexity index is 648. The van der Waals surface area contributed by atoms with Crippen molar-refractivity contribution in [2.45, 2.75) is 0 Å². The summed E-state index contributed by atoms with van der Waals surface area (Å²) < 4.78 is 0. The van der Waals surface area contributed by atoms with Crippen LogP contribution >= 0.6 is 0 Å². The van der Waals surface area contributed by atoms with E-state index >= 15 is 0 Å². The molecule has 0 saturated carbocycles. The molecule has 4 heteroatoms. The van der Waals surface area contributed by atoms with Crippen molar-refractivity contribution < 1.29 is 14.7 Å². The first-order valence-corrected chi connectivity index (χ1v) is 5.23. The van der Waals surface area contributed by atoms with E-state index in [0.29, 0.717) is 11.1 Å². The van der Waals surface area contributed by atoms with E-state index in [2.05, 4.69) is 0 Å². The summed E-state index contributed by atoms with van der Waals surface area (Å²) in [7, 11) is 0. The van der Waals surface area contributed by atoms with Crippen LogP contribution in [0.25, 0.3) is 10.8 Å². The Balaban J connectivity index is 2.37. The minimum Gasteiger partial charge on any atom is -0.376 e. The number of imide groups is 1. The predicted octanol–water partition coefficient (Wildman–Crippen LogP) is 1.39. The summed E-state index contributed by atoms with van der Waals surface area (Å²) in [6.07, 6.45) is 0. The molecule has 4 nitrogen and oxygen atoms in total. The lowest BCUT2D eigenvalue weighted by atomic mass is 10.0. The maximum Gasteiger partial charge on any atom is 0.264 e. The van der Waals surface area contributed by atoms with E-state index in [1.165, 1.54) is 0 Å². The van der Waals surface area contributed by atoms with E-state index in [1.807, 2.05) is 18.2 Å². The molecule has 1 N–H and O–H groups in total. The summed E-state index contributed by atoms with van der Waals surface area (Å²) in [5.41, 5.74) is 0.755. The van der Waals surface area contributed by atoms with Gasteiger partial charge in [0.2, 0.25) is 0 Å². The Morgan fingerprint density at radius 3 is 2.53 bits per heavy atom. The normalized spacial score (nSPS) is 14.5. The van der Waals surface area contributed by atoms with Gasteiger partial charge in [-0.25, -0.2) is 0 Å². The number of amides is 2. The molecule has 0 atom stereocenters. The predicted molar refractivity (Wildman–Crippen MR) is 61.5 cm³/mol. The van der Waals surface area contributed by atoms with Gasteiger partial charge in [0.05, 0.1) is 11.1 Å². The molecule has 3 rings (SSSR count). The molecule has 0 radical (unpaired) electrons. The summed E-state index contributed by atoms with van der Waals surface area (Å²) in [5.74, 6) is -0.859. The van der Waals surface area contributed by atoms with Crippen molar-refractivity contribution in [3.63, 3.8) is 0 Å². The second-order valence-corrected chi connectivity index (χ2v) is 3.89. The monoisotopic (exact) mass is 227 g/mol. The first-order valence-electron chi connectivity index (χ1n) is 5.23. The van der Waals surface area contributed by atoms with Crippen LogP contribution in [0, 0.1) is 0 Å². The zero-order chi connectivity index (χ0) is 12.0. The van der Waals surface area contributed by atoms with Gasteiger partial charge >= 0.3 is 0 Å². The number of rotatable bonds is 1. The van der Waals surface area contributed by atoms with Crippen molar-refractivity contribution >= 4 is 22.6 Å². The molecule has 0 aromatic heterocycles. The lowest BCUT2D eigenvalue weighted by Gasteiger charge is -2.08. The number of hydrogen-bond acceptors (Lipinski definition) is 3. The van der Waals surface area contributed by atoms with Crippen molar-refractivity contribution in [1.29, 1.82) is 0 Å². The number of hydrogen-bond donors (Lipinski definition) is 1. The van der Waals surface area contributed by atoms with E-state index in [9.17, 15) is 9.59 Å². The fourth-order valence-corrected chi connectivity index (χ4v) is 2.18. The van der Waals surface area contributed by atoms with Crippen molar-refractivity contribution in [3.05, 3.63) is 47.5 Å². The second kappa shape index (κ2) is 3.40. The van der Waals surface area contributed by atoms with Crippen LogP contribution in [-0.2, 0) is 0 Å². The highest BCUT2D eigenvalue weighted by molar-refractivity contribution is 6.26. The average Bonchev–Trinajstić information content (AvgIpc) is 2.61. The van der Waals surface area contributed by atoms with Gasteiger partial charge in [0.1, 0.15) is 6.73 Å². The molecule has 2 aromatic carbocycles. The first kappa shape index (κ1) is 9.99. The smallest absolute Gasteiger partial charge is 0.264 e. The molecule has 1 aliphatic rings. The third-order valence-electron chi connectivity index (χ3n) is 3.01. The molecule has 2 aromatic rings. The van der Waals surface area contributed by atoms with Crippen LogP contribution in [0.15, 0.2) is 36.4 Å². The second-order valence-electron chi connectivity index (χ2n) is 3.89. The fraction of sp³-hybridized carbons (Fsp3) is 0.0769. The summed E-state index contributed by atoms with van der Waals surface area (Å²) in [6.45, 7) is -0.583. The molecule has 2 amide bonds. The van der Waals surface area contributed by atoms with Gasteiger partial charge in [0.25, 0.3) is 11.8 Å². The van der Waals surface area contributed by atoms with Crippen molar-refractivity contribution in [2.24, 2.45) is 0 Å². The van der Waals surface area contributed by atoms with Crippen LogP contribution in [0.4, 0.5) is 0 Å². The molecular weight excluding hydrogens is 218 g/mol. The minimum absolute atomic E-state index is 0.364. The van der Waals surface area contributed by atoms with E-state index in [-0.39, 0.29) is 0 Å². The van der Waals surface area contributed by atoms with Gasteiger partial charge in [-0.2, -0.15) is 0 Å². The maximum absolute atomic E-state index is 12.0. The van der Waals surface area contributed by atoms with E-state index in [1.54, 1.807) is 18.2 Å². The molecule has 0 fully saturated rings. The largest absolute Gasteiger partial charge is 0.376 e. The van der Waals surface area contributed by atoms with Gasteiger partial charge in [-0.05, 0) is 16.8 Å². The third kappa shape index (κ3) is 1.21. The Labute approximate surface area is 97.1 Å². The molecule has 1 heterocycles. The van der Waals surface area contributed by atoms with E-state index in [4.69, 9.17) is 5.11 Å². The molecule has 0 spiro atoms. The molecule has 0 saturated heterocycles. The Morgan fingerprint density at radius 2 is 1.76 bits per heavy atom. The third-order valence-corrected chi connectivity index (χ3v) is 3.01. The van der Waals surface area contributed by atoms with Gasteiger partial charge in [0.15, 0.2) is 0 Å². The van der Waals surface area contributed by atoms with Gasteiger partial charge in [0, 0.05) is 0 Å². The highest BCUT2D eigenvalue weighted by Crippen LogP contribution is 2.29. The van der Waals surface area contributed by atoms with Crippen molar-refractivity contribution in [2.75, 3.05) is 6.73 Å². The Kier molecular flexibility index (Phi) is 2.00. The molecule has 0 aliphatic carbocycles. The molecule has 17 heavy (non-hydrogen) atoms. The van der Waals surface area contributed by atoms with Crippen LogP contribution in [-0.4, -0.2) is 28.6 Å². The molecule has 1 aliphatic heterocycles. The first-order chi connectivity index (χ1) is 8.24. The summed E-state index contributed by atoms with van der Waals surface area (Å²) in [6, 6.07) is 10.8. The van der Waals surface area contributed by atoms with Gasteiger partial charge in [-0.1, -0.05) is 30.3 Å². The summed E-state index contributed by atoms with van der Waals surface area (Å²) >= 11 is 0. The van der Waals surface area contributed by atoms with Crippen LogP contribution < -0.4 is 0 Å². The van der Waals surface area contributed by atoms with E-state index in [0.717, 1.165) is 15.7 Å². The van der Waals surface area contributed by atoms with Crippen LogP contribution in [0.1, 0.15) is 20.7 Å². The number of aliphatic hydroxyl groups is 1. The number of carbonyl (C=O) groups excluding carboxylic acids is 2. The van der Waals surface area contributed by atoms with Crippen LogP contribution in [0.3, 0.4) is 0 Å². The zero-order valence-corrected chi connectivity index (χ0v) is 8.88. The summed E-state index contributed by atoms with van der Waals surface area (Å²) in [4.78, 5) is 24.7. The number of aliphatic hydroxyl groups excluding tert-OH is 1. The molecule has 0 bridgehead atoms. The van der Waals surface area contributed by atoms with Crippen molar-refractivity contribution in [3.8, 4) is 0 Å². The Hall–Kier alpha value is -2.20. The lowest BCUT2D eigenvalue weighted by Crippen LogP contribution is -2.30. The van der Waals surface area contributed by atoms with Gasteiger partial charge in [-0.15, -0.1) is 0 Å². The number of nitrogens with zero attached hydrogens (tertiary/aromatic N) is 1. The standard InChI is InChI=1S/C13H9NO3/c15-7-14-12(16)10-6-5-8-3-1-2-4-9(8)11(10)13(14)17/h1-6,15H,7H2. The maximum atomic E-state index is 12.0. The topological polar surface area (TPSA) is 57.6 Å². The van der Waals surface area contributed by atoms with Crippen LogP contribution in [0.2, 0.25) is 0 Å². The summed E-state index contributed by atoms with van der Waals surface area (Å²) in [5, 5.41) is 10.7. The molecular formula is C13H9NO3. The average molecular weight is 227 g/mol. The quantitative estimate of drug-likeness (QED) is 0.749. The Morgan fingerprint density at radius 1 is 1.00 bits per heavy atom. The lowest BCUT2D eigenvalue weighted by molar-refractivity contribution is 0.0490. The number of carbonyl (C=O) groups is 2. The van der Waals surface area contributed by atoms with Crippen molar-refractivity contribution in [1.82, 2.24) is 4.90 Å². The minimum atomic E-state index is -0.583. The molecule has 0 unspecified atom stereocenters. The highest BCUT2D eigenvalue weighted by atomic mass is 16.3. The molecule has 84 valence electrons.